The number of benzene rings is 3. The van der Waals surface area contributed by atoms with Gasteiger partial charge in [0.25, 0.3) is 0 Å². The van der Waals surface area contributed by atoms with Gasteiger partial charge in [-0.05, 0) is 102 Å². The van der Waals surface area contributed by atoms with Crippen LogP contribution in [-0.2, 0) is 37.3 Å². The molecule has 0 spiro atoms. The number of ether oxygens (including phenoxy) is 2. The van der Waals surface area contributed by atoms with Gasteiger partial charge in [-0.1, -0.05) is 44.5 Å². The zero-order valence-electron chi connectivity index (χ0n) is 26.0. The molecule has 0 amide bonds. The van der Waals surface area contributed by atoms with Crippen LogP contribution in [0.25, 0.3) is 11.1 Å². The van der Waals surface area contributed by atoms with Crippen molar-refractivity contribution in [1.82, 2.24) is 0 Å². The normalized spacial score (nSPS) is 13.9. The van der Waals surface area contributed by atoms with Crippen LogP contribution in [0.15, 0.2) is 48.5 Å². The highest BCUT2D eigenvalue weighted by atomic mass is 31.2. The molecular formula is C32H34F7O7P. The van der Waals surface area contributed by atoms with Crippen molar-refractivity contribution in [2.45, 2.75) is 71.8 Å². The average molecular weight is 695 g/mol. The first-order valence-corrected chi connectivity index (χ1v) is 15.8. The lowest BCUT2D eigenvalue weighted by atomic mass is 9.86. The summed E-state index contributed by atoms with van der Waals surface area (Å²) in [5.74, 6) is -1.41. The van der Waals surface area contributed by atoms with Crippen LogP contribution in [-0.4, -0.2) is 22.7 Å². The van der Waals surface area contributed by atoms with Crippen molar-refractivity contribution >= 4 is 14.0 Å². The number of rotatable bonds is 11. The second-order valence-electron chi connectivity index (χ2n) is 11.5. The number of carbonyl (C=O) groups is 1. The molecule has 0 heterocycles. The zero-order valence-corrected chi connectivity index (χ0v) is 26.9. The maximum Gasteiger partial charge on any atom is 0.511 e. The van der Waals surface area contributed by atoms with Crippen LogP contribution in [0.5, 0.6) is 0 Å². The first kappa shape index (κ1) is 38.0. The third-order valence-electron chi connectivity index (χ3n) is 7.46. The zero-order chi connectivity index (χ0) is 35.5. The first-order valence-electron chi connectivity index (χ1n) is 14.3. The molecule has 0 fully saturated rings. The molecule has 2 atom stereocenters. The summed E-state index contributed by atoms with van der Waals surface area (Å²) in [5.41, 5.74) is 0.337. The van der Waals surface area contributed by atoms with E-state index in [0.717, 1.165) is 22.3 Å². The molecule has 0 aliphatic rings. The summed E-state index contributed by atoms with van der Waals surface area (Å²) in [6, 6.07) is 9.52. The monoisotopic (exact) mass is 694 g/mol. The van der Waals surface area contributed by atoms with E-state index < -0.39 is 61.8 Å². The highest BCUT2D eigenvalue weighted by Crippen LogP contribution is 2.41. The number of alkyl halides is 6. The predicted molar refractivity (Wildman–Crippen MR) is 158 cm³/mol. The summed E-state index contributed by atoms with van der Waals surface area (Å²) in [5, 5.41) is 0. The molecule has 258 valence electrons. The average Bonchev–Trinajstić information content (AvgIpc) is 2.93. The molecular weight excluding hydrogens is 660 g/mol. The molecule has 3 aromatic rings. The number of hydrogen-bond donors (Lipinski definition) is 2. The van der Waals surface area contributed by atoms with Crippen molar-refractivity contribution in [2.75, 3.05) is 6.79 Å². The Morgan fingerprint density at radius 2 is 1.47 bits per heavy atom. The molecule has 15 heteroatoms. The van der Waals surface area contributed by atoms with Gasteiger partial charge >= 0.3 is 26.3 Å². The largest absolute Gasteiger partial charge is 0.511 e. The van der Waals surface area contributed by atoms with Crippen molar-refractivity contribution in [3.8, 4) is 11.1 Å². The Bertz CT molecular complexity index is 1600. The molecule has 0 unspecified atom stereocenters. The van der Waals surface area contributed by atoms with E-state index in [4.69, 9.17) is 14.5 Å². The maximum absolute atomic E-state index is 14.7. The lowest BCUT2D eigenvalue weighted by Crippen LogP contribution is -2.22. The van der Waals surface area contributed by atoms with Crippen molar-refractivity contribution in [3.05, 3.63) is 93.3 Å². The van der Waals surface area contributed by atoms with E-state index in [2.05, 4.69) is 9.26 Å². The molecule has 0 aliphatic carbocycles. The molecule has 0 aliphatic heterocycles. The number of carbonyl (C=O) groups excluding carboxylic acids is 1. The number of hydrogen-bond acceptors (Lipinski definition) is 5. The highest BCUT2D eigenvalue weighted by molar-refractivity contribution is 7.46. The number of phosphoric acid groups is 1. The Morgan fingerprint density at radius 1 is 0.872 bits per heavy atom. The Hall–Kier alpha value is -3.45. The van der Waals surface area contributed by atoms with Crippen LogP contribution in [0, 0.1) is 25.6 Å². The third kappa shape index (κ3) is 10.5. The van der Waals surface area contributed by atoms with Gasteiger partial charge in [-0.15, -0.1) is 0 Å². The first-order chi connectivity index (χ1) is 21.6. The van der Waals surface area contributed by atoms with Gasteiger partial charge in [0.15, 0.2) is 0 Å². The SMILES string of the molecule is Cc1ccc(-c2cc(C(C)C)c(F)cc2C)c(CC[C@@H](C)[C@H](OC(=O)OCOP(=O)(O)O)c2cc(C(F)(F)F)cc(C(F)(F)F)c2)c1. The van der Waals surface area contributed by atoms with Gasteiger partial charge in [0.05, 0.1) is 11.1 Å². The quantitative estimate of drug-likeness (QED) is 0.0892. The number of halogens is 7. The minimum Gasteiger partial charge on any atom is -0.426 e. The van der Waals surface area contributed by atoms with E-state index in [0.29, 0.717) is 23.3 Å². The fourth-order valence-corrected chi connectivity index (χ4v) is 5.28. The smallest absolute Gasteiger partial charge is 0.426 e. The second-order valence-corrected chi connectivity index (χ2v) is 12.8. The van der Waals surface area contributed by atoms with Crippen molar-refractivity contribution in [3.63, 3.8) is 0 Å². The van der Waals surface area contributed by atoms with Gasteiger partial charge in [-0.2, -0.15) is 26.3 Å². The van der Waals surface area contributed by atoms with Gasteiger partial charge in [-0.3, -0.25) is 0 Å². The van der Waals surface area contributed by atoms with Crippen molar-refractivity contribution in [1.29, 1.82) is 0 Å². The van der Waals surface area contributed by atoms with Crippen LogP contribution in [0.4, 0.5) is 35.5 Å². The van der Waals surface area contributed by atoms with E-state index in [-0.39, 0.29) is 30.6 Å². The molecule has 0 bridgehead atoms. The summed E-state index contributed by atoms with van der Waals surface area (Å²) in [6.07, 6.45) is -13.5. The summed E-state index contributed by atoms with van der Waals surface area (Å²) in [7, 11) is -5.08. The molecule has 0 aromatic heterocycles. The minimum absolute atomic E-state index is 0.0626. The summed E-state index contributed by atoms with van der Waals surface area (Å²) in [4.78, 5) is 30.0. The van der Waals surface area contributed by atoms with Gasteiger partial charge in [0, 0.05) is 0 Å². The molecule has 0 saturated heterocycles. The molecule has 0 saturated carbocycles. The van der Waals surface area contributed by atoms with E-state index in [1.54, 1.807) is 13.0 Å². The van der Waals surface area contributed by atoms with Crippen LogP contribution in [0.3, 0.4) is 0 Å². The molecule has 0 radical (unpaired) electrons. The van der Waals surface area contributed by atoms with E-state index in [9.17, 15) is 40.1 Å². The number of phosphoric ester groups is 1. The summed E-state index contributed by atoms with van der Waals surface area (Å²) >= 11 is 0. The van der Waals surface area contributed by atoms with Gasteiger partial charge in [0.2, 0.25) is 6.79 Å². The number of aryl methyl sites for hydroxylation is 3. The van der Waals surface area contributed by atoms with E-state index in [1.807, 2.05) is 39.0 Å². The molecule has 3 aromatic carbocycles. The minimum atomic E-state index is -5.18. The van der Waals surface area contributed by atoms with Gasteiger partial charge < -0.3 is 19.3 Å². The molecule has 3 rings (SSSR count). The van der Waals surface area contributed by atoms with Crippen LogP contribution in [0.2, 0.25) is 0 Å². The van der Waals surface area contributed by atoms with E-state index >= 15 is 0 Å². The van der Waals surface area contributed by atoms with Crippen molar-refractivity contribution in [2.24, 2.45) is 5.92 Å². The highest BCUT2D eigenvalue weighted by Gasteiger charge is 2.39. The Kier molecular flexibility index (Phi) is 11.9. The summed E-state index contributed by atoms with van der Waals surface area (Å²) < 4.78 is 121. The predicted octanol–water partition coefficient (Wildman–Crippen LogP) is 9.80. The Labute approximate surface area is 266 Å². The molecule has 2 N–H and O–H groups in total. The fraction of sp³-hybridized carbons (Fsp3) is 0.406. The van der Waals surface area contributed by atoms with Crippen LogP contribution >= 0.6 is 7.82 Å². The van der Waals surface area contributed by atoms with Crippen molar-refractivity contribution < 1.29 is 63.9 Å². The van der Waals surface area contributed by atoms with Crippen LogP contribution in [0.1, 0.15) is 78.2 Å². The fourth-order valence-electron chi connectivity index (χ4n) is 5.09. The van der Waals surface area contributed by atoms with Gasteiger partial charge in [-0.25, -0.2) is 18.3 Å². The van der Waals surface area contributed by atoms with E-state index in [1.165, 1.54) is 13.0 Å². The lowest BCUT2D eigenvalue weighted by molar-refractivity contribution is -0.143. The Morgan fingerprint density at radius 3 is 2.00 bits per heavy atom. The standard InChI is InChI=1S/C32H34F7O7P/c1-17(2)26-15-27(20(5)11-28(26)33)25-9-6-18(3)10-21(25)8-7-19(4)29(46-30(40)44-16-45-47(41,42)43)22-12-23(31(34,35)36)14-24(13-22)32(37,38)39/h6,9-15,17,19,29H,7-8,16H2,1-5H3,(H2,41,42,43)/t19-,29+/m1/s1. The lowest BCUT2D eigenvalue weighted by Gasteiger charge is -2.26. The van der Waals surface area contributed by atoms with Gasteiger partial charge in [0.1, 0.15) is 11.9 Å². The molecule has 7 nitrogen and oxygen atoms in total. The van der Waals surface area contributed by atoms with Crippen LogP contribution < -0.4 is 0 Å². The molecule has 47 heavy (non-hydrogen) atoms. The summed E-state index contributed by atoms with van der Waals surface area (Å²) in [6.45, 7) is 7.41. The second kappa shape index (κ2) is 14.8. The third-order valence-corrected chi connectivity index (χ3v) is 7.90. The topological polar surface area (TPSA) is 102 Å². The Balaban J connectivity index is 2.03. The maximum atomic E-state index is 14.7.